The Kier molecular flexibility index (Phi) is 10.4. The molecular weight excluding hydrogens is 570 g/mol. The third kappa shape index (κ3) is 7.81. The van der Waals surface area contributed by atoms with Crippen molar-refractivity contribution in [3.63, 3.8) is 0 Å². The standard InChI is InChI=1S/C30H39N7O7/c1-16(2)25-29(42)31-11-12-37(24(39)10-9-19-14-32-22-8-6-5-7-21(19)22)15-20-13-23(36-44-20)28(41)35-26(18(4)38)30(43)33-17(3)27(40)34-25/h5-8,13-14,16-18,25-26,32,38H,9-12,15H2,1-4H3,(H,31,42)(H,33,43)(H,34,40)(H,35,41)/t17-,18+,25-,26-/m0/s1. The molecule has 5 amide bonds. The van der Waals surface area contributed by atoms with Gasteiger partial charge in [0.2, 0.25) is 23.6 Å². The van der Waals surface area contributed by atoms with Gasteiger partial charge in [0.25, 0.3) is 5.91 Å². The van der Waals surface area contributed by atoms with Crippen molar-refractivity contribution in [1.29, 1.82) is 0 Å². The topological polar surface area (TPSA) is 199 Å². The first-order valence-corrected chi connectivity index (χ1v) is 14.6. The number of fused-ring (bicyclic) bond motifs is 3. The first-order chi connectivity index (χ1) is 20.9. The van der Waals surface area contributed by atoms with Crippen LogP contribution in [0.1, 0.15) is 55.9 Å². The maximum Gasteiger partial charge on any atom is 0.274 e. The highest BCUT2D eigenvalue weighted by Gasteiger charge is 2.32. The van der Waals surface area contributed by atoms with E-state index in [0.29, 0.717) is 6.42 Å². The van der Waals surface area contributed by atoms with Crippen LogP contribution in [0.3, 0.4) is 0 Å². The van der Waals surface area contributed by atoms with Gasteiger partial charge in [-0.1, -0.05) is 37.2 Å². The van der Waals surface area contributed by atoms with Gasteiger partial charge < -0.3 is 40.8 Å². The third-order valence-electron chi connectivity index (χ3n) is 7.51. The quantitative estimate of drug-likeness (QED) is 0.238. The van der Waals surface area contributed by atoms with Gasteiger partial charge in [0.15, 0.2) is 11.5 Å². The molecule has 1 aliphatic rings. The zero-order chi connectivity index (χ0) is 32.0. The Hall–Kier alpha value is -4.72. The Morgan fingerprint density at radius 1 is 1.05 bits per heavy atom. The predicted octanol–water partition coefficient (Wildman–Crippen LogP) is 0.372. The Bertz CT molecular complexity index is 1510. The molecule has 0 aliphatic carbocycles. The van der Waals surface area contributed by atoms with Crippen LogP contribution in [-0.4, -0.2) is 87.0 Å². The molecule has 0 spiro atoms. The van der Waals surface area contributed by atoms with Crippen LogP contribution in [0.2, 0.25) is 0 Å². The SMILES string of the molecule is CC(C)[C@@H]1NC(=O)[C@H](C)NC(=O)[C@H]([C@@H](C)O)NC(=O)c2cc(on2)CN(C(=O)CCc2c[nH]c3ccccc23)CCNC1=O. The van der Waals surface area contributed by atoms with Gasteiger partial charge in [0.05, 0.1) is 12.6 Å². The molecule has 2 bridgehead atoms. The number of para-hydroxylation sites is 1. The van der Waals surface area contributed by atoms with Crippen molar-refractivity contribution >= 4 is 40.4 Å². The summed E-state index contributed by atoms with van der Waals surface area (Å²) in [4.78, 5) is 70.0. The van der Waals surface area contributed by atoms with Crippen LogP contribution in [0.15, 0.2) is 41.1 Å². The Labute approximate surface area is 254 Å². The molecule has 0 unspecified atom stereocenters. The molecule has 2 aromatic heterocycles. The lowest BCUT2D eigenvalue weighted by atomic mass is 10.0. The van der Waals surface area contributed by atoms with E-state index >= 15 is 0 Å². The highest BCUT2D eigenvalue weighted by Crippen LogP contribution is 2.20. The zero-order valence-corrected chi connectivity index (χ0v) is 25.2. The zero-order valence-electron chi connectivity index (χ0n) is 25.2. The largest absolute Gasteiger partial charge is 0.391 e. The number of aromatic nitrogens is 2. The molecule has 236 valence electrons. The summed E-state index contributed by atoms with van der Waals surface area (Å²) in [6, 6.07) is 5.72. The van der Waals surface area contributed by atoms with E-state index in [-0.39, 0.29) is 49.3 Å². The average Bonchev–Trinajstić information content (AvgIpc) is 3.62. The van der Waals surface area contributed by atoms with Crippen molar-refractivity contribution in [1.82, 2.24) is 36.3 Å². The van der Waals surface area contributed by atoms with Gasteiger partial charge >= 0.3 is 0 Å². The minimum atomic E-state index is -1.41. The third-order valence-corrected chi connectivity index (χ3v) is 7.51. The summed E-state index contributed by atoms with van der Waals surface area (Å²) in [5, 5.41) is 25.3. The van der Waals surface area contributed by atoms with Crippen molar-refractivity contribution in [3.05, 3.63) is 53.5 Å². The van der Waals surface area contributed by atoms with E-state index in [4.69, 9.17) is 4.52 Å². The fourth-order valence-electron chi connectivity index (χ4n) is 4.94. The minimum Gasteiger partial charge on any atom is -0.391 e. The molecule has 1 aliphatic heterocycles. The lowest BCUT2D eigenvalue weighted by molar-refractivity contribution is -0.134. The molecule has 0 radical (unpaired) electrons. The highest BCUT2D eigenvalue weighted by molar-refractivity contribution is 5.98. The van der Waals surface area contributed by atoms with Crippen LogP contribution in [-0.2, 0) is 32.1 Å². The van der Waals surface area contributed by atoms with Crippen molar-refractivity contribution in [3.8, 4) is 0 Å². The van der Waals surface area contributed by atoms with Crippen molar-refractivity contribution in [2.24, 2.45) is 5.92 Å². The van der Waals surface area contributed by atoms with Crippen LogP contribution in [0.25, 0.3) is 10.9 Å². The maximum absolute atomic E-state index is 13.5. The van der Waals surface area contributed by atoms with Gasteiger partial charge in [-0.05, 0) is 37.8 Å². The summed E-state index contributed by atoms with van der Waals surface area (Å²) in [6.45, 7) is 6.43. The van der Waals surface area contributed by atoms with Gasteiger partial charge in [0.1, 0.15) is 18.1 Å². The number of aromatic amines is 1. The minimum absolute atomic E-state index is 0.0367. The average molecular weight is 610 g/mol. The van der Waals surface area contributed by atoms with Gasteiger partial charge in [-0.25, -0.2) is 0 Å². The van der Waals surface area contributed by atoms with Crippen molar-refractivity contribution < 1.29 is 33.6 Å². The smallest absolute Gasteiger partial charge is 0.274 e. The summed E-state index contributed by atoms with van der Waals surface area (Å²) in [5.74, 6) is -2.97. The predicted molar refractivity (Wildman–Crippen MR) is 159 cm³/mol. The first kappa shape index (κ1) is 32.2. The number of nitrogens with zero attached hydrogens (tertiary/aromatic N) is 2. The molecule has 6 N–H and O–H groups in total. The Morgan fingerprint density at radius 3 is 2.52 bits per heavy atom. The van der Waals surface area contributed by atoms with Gasteiger partial charge in [-0.2, -0.15) is 0 Å². The number of aliphatic hydroxyl groups is 1. The molecule has 0 fully saturated rings. The molecule has 14 nitrogen and oxygen atoms in total. The normalized spacial score (nSPS) is 21.6. The Morgan fingerprint density at radius 2 is 1.80 bits per heavy atom. The summed E-state index contributed by atoms with van der Waals surface area (Å²) < 4.78 is 5.35. The van der Waals surface area contributed by atoms with Crippen LogP contribution in [0.5, 0.6) is 0 Å². The number of carbonyl (C=O) groups is 5. The lowest BCUT2D eigenvalue weighted by Crippen LogP contribution is -2.58. The lowest BCUT2D eigenvalue weighted by Gasteiger charge is -2.26. The number of carbonyl (C=O) groups excluding carboxylic acids is 5. The van der Waals surface area contributed by atoms with Gasteiger partial charge in [-0.3, -0.25) is 24.0 Å². The highest BCUT2D eigenvalue weighted by atomic mass is 16.5. The van der Waals surface area contributed by atoms with Crippen LogP contribution < -0.4 is 21.3 Å². The van der Waals surface area contributed by atoms with E-state index in [1.807, 2.05) is 30.5 Å². The number of rotatable bonds is 5. The van der Waals surface area contributed by atoms with Gasteiger partial charge in [-0.15, -0.1) is 0 Å². The van der Waals surface area contributed by atoms with E-state index in [9.17, 15) is 29.1 Å². The fraction of sp³-hybridized carbons (Fsp3) is 0.467. The summed E-state index contributed by atoms with van der Waals surface area (Å²) >= 11 is 0. The number of H-pyrrole nitrogens is 1. The van der Waals surface area contributed by atoms with E-state index < -0.39 is 47.9 Å². The second-order valence-electron chi connectivity index (χ2n) is 11.3. The number of aryl methyl sites for hydroxylation is 1. The molecule has 4 atom stereocenters. The van der Waals surface area contributed by atoms with E-state index in [2.05, 4.69) is 31.4 Å². The number of hydrogen-bond acceptors (Lipinski definition) is 8. The first-order valence-electron chi connectivity index (χ1n) is 14.6. The molecular formula is C30H39N7O7. The van der Waals surface area contributed by atoms with Crippen molar-refractivity contribution in [2.75, 3.05) is 13.1 Å². The summed E-state index contributed by atoms with van der Waals surface area (Å²) in [6.07, 6.45) is 1.20. The number of benzene rings is 1. The second kappa shape index (κ2) is 14.2. The van der Waals surface area contributed by atoms with E-state index in [1.54, 1.807) is 13.8 Å². The number of nitrogens with one attached hydrogen (secondary N) is 5. The molecule has 1 aromatic carbocycles. The number of aliphatic hydroxyl groups excluding tert-OH is 1. The van der Waals surface area contributed by atoms with Crippen molar-refractivity contribution in [2.45, 2.75) is 71.3 Å². The molecule has 3 heterocycles. The fourth-order valence-corrected chi connectivity index (χ4v) is 4.94. The molecule has 44 heavy (non-hydrogen) atoms. The Balaban J connectivity index is 1.57. The number of amides is 5. The monoisotopic (exact) mass is 609 g/mol. The molecule has 0 saturated heterocycles. The van der Waals surface area contributed by atoms with Crippen LogP contribution in [0, 0.1) is 5.92 Å². The summed E-state index contributed by atoms with van der Waals surface area (Å²) in [7, 11) is 0. The van der Waals surface area contributed by atoms with Crippen LogP contribution >= 0.6 is 0 Å². The molecule has 14 heteroatoms. The number of hydrogen-bond donors (Lipinski definition) is 6. The maximum atomic E-state index is 13.5. The van der Waals surface area contributed by atoms with E-state index in [1.165, 1.54) is 24.8 Å². The van der Waals surface area contributed by atoms with E-state index in [0.717, 1.165) is 16.5 Å². The van der Waals surface area contributed by atoms with Gasteiger partial charge in [0, 0.05) is 42.7 Å². The molecule has 4 rings (SSSR count). The summed E-state index contributed by atoms with van der Waals surface area (Å²) in [5.41, 5.74) is 1.80. The molecule has 3 aromatic rings. The second-order valence-corrected chi connectivity index (χ2v) is 11.3. The van der Waals surface area contributed by atoms with Crippen LogP contribution in [0.4, 0.5) is 0 Å². The molecule has 0 saturated carbocycles.